The molecule has 0 aliphatic carbocycles. The van der Waals surface area contributed by atoms with Crippen molar-refractivity contribution in [2.45, 2.75) is 39.2 Å². The SMILES string of the molecule is C#CCCNCCCNC(=O)c1cc2c(c(C(=O)NCc3nc(C)co3)c1)CCCO2. The van der Waals surface area contributed by atoms with Crippen molar-refractivity contribution in [2.24, 2.45) is 0 Å². The molecule has 31 heavy (non-hydrogen) atoms. The Morgan fingerprint density at radius 3 is 2.84 bits per heavy atom. The Morgan fingerprint density at radius 1 is 1.19 bits per heavy atom. The van der Waals surface area contributed by atoms with Gasteiger partial charge in [-0.2, -0.15) is 0 Å². The van der Waals surface area contributed by atoms with Crippen molar-refractivity contribution in [3.05, 3.63) is 46.7 Å². The van der Waals surface area contributed by atoms with Crippen molar-refractivity contribution >= 4 is 11.8 Å². The summed E-state index contributed by atoms with van der Waals surface area (Å²) in [6.45, 7) is 4.60. The molecule has 0 radical (unpaired) electrons. The number of nitrogens with zero attached hydrogens (tertiary/aromatic N) is 1. The number of aromatic nitrogens is 1. The fraction of sp³-hybridized carbons (Fsp3) is 0.435. The summed E-state index contributed by atoms with van der Waals surface area (Å²) in [7, 11) is 0. The second-order valence-corrected chi connectivity index (χ2v) is 7.33. The Labute approximate surface area is 182 Å². The molecule has 2 amide bonds. The zero-order valence-electron chi connectivity index (χ0n) is 17.8. The molecule has 0 bridgehead atoms. The van der Waals surface area contributed by atoms with Crippen LogP contribution in [0.5, 0.6) is 5.75 Å². The van der Waals surface area contributed by atoms with Gasteiger partial charge in [0.1, 0.15) is 12.0 Å². The molecule has 1 aliphatic rings. The lowest BCUT2D eigenvalue weighted by molar-refractivity contribution is 0.0945. The van der Waals surface area contributed by atoms with Crippen molar-refractivity contribution in [1.29, 1.82) is 0 Å². The van der Waals surface area contributed by atoms with Crippen LogP contribution in [0.3, 0.4) is 0 Å². The Kier molecular flexibility index (Phi) is 8.07. The first-order chi connectivity index (χ1) is 15.1. The van der Waals surface area contributed by atoms with Gasteiger partial charge in [0.25, 0.3) is 11.8 Å². The molecule has 1 aliphatic heterocycles. The van der Waals surface area contributed by atoms with Gasteiger partial charge in [-0.25, -0.2) is 4.98 Å². The first-order valence-corrected chi connectivity index (χ1v) is 10.5. The van der Waals surface area contributed by atoms with Gasteiger partial charge in [0, 0.05) is 36.2 Å². The molecule has 0 unspecified atom stereocenters. The summed E-state index contributed by atoms with van der Waals surface area (Å²) >= 11 is 0. The van der Waals surface area contributed by atoms with Gasteiger partial charge < -0.3 is 25.1 Å². The first kappa shape index (κ1) is 22.4. The number of hydrogen-bond acceptors (Lipinski definition) is 6. The van der Waals surface area contributed by atoms with Crippen LogP contribution in [-0.4, -0.2) is 43.0 Å². The predicted molar refractivity (Wildman–Crippen MR) is 116 cm³/mol. The maximum absolute atomic E-state index is 12.9. The third kappa shape index (κ3) is 6.33. The standard InChI is InChI=1S/C23H28N4O4/c1-3-4-8-24-9-6-10-25-22(28)17-12-19(18-7-5-11-30-20(18)13-17)23(29)26-14-21-27-16(2)15-31-21/h1,12-13,15,24H,4-11,14H2,2H3,(H,25,28)(H,26,29). The molecule has 0 saturated carbocycles. The monoisotopic (exact) mass is 424 g/mol. The Hall–Kier alpha value is -3.31. The van der Waals surface area contributed by atoms with E-state index in [-0.39, 0.29) is 18.4 Å². The van der Waals surface area contributed by atoms with E-state index in [1.54, 1.807) is 12.1 Å². The minimum atomic E-state index is -0.287. The second kappa shape index (κ2) is 11.2. The Morgan fingerprint density at radius 2 is 2.06 bits per heavy atom. The molecule has 2 heterocycles. The third-order valence-corrected chi connectivity index (χ3v) is 4.87. The predicted octanol–water partition coefficient (Wildman–Crippen LogP) is 1.97. The molecular weight excluding hydrogens is 396 g/mol. The van der Waals surface area contributed by atoms with Gasteiger partial charge in [0.2, 0.25) is 5.89 Å². The molecule has 2 aromatic rings. The van der Waals surface area contributed by atoms with E-state index in [4.69, 9.17) is 15.6 Å². The minimum absolute atomic E-state index is 0.172. The normalized spacial score (nSPS) is 12.4. The lowest BCUT2D eigenvalue weighted by Crippen LogP contribution is -2.29. The summed E-state index contributed by atoms with van der Waals surface area (Å²) in [5.41, 5.74) is 2.42. The number of benzene rings is 1. The lowest BCUT2D eigenvalue weighted by atomic mass is 9.96. The van der Waals surface area contributed by atoms with Gasteiger partial charge in [-0.15, -0.1) is 12.3 Å². The van der Waals surface area contributed by atoms with Crippen molar-refractivity contribution in [1.82, 2.24) is 20.9 Å². The van der Waals surface area contributed by atoms with E-state index in [9.17, 15) is 9.59 Å². The zero-order chi connectivity index (χ0) is 22.1. The van der Waals surface area contributed by atoms with Crippen LogP contribution >= 0.6 is 0 Å². The average molecular weight is 425 g/mol. The van der Waals surface area contributed by atoms with Gasteiger partial charge in [0.05, 0.1) is 18.8 Å². The number of carbonyl (C=O) groups is 2. The number of rotatable bonds is 10. The molecule has 3 N–H and O–H groups in total. The number of oxazole rings is 1. The quantitative estimate of drug-likeness (QED) is 0.398. The highest BCUT2D eigenvalue weighted by Crippen LogP contribution is 2.30. The molecule has 0 atom stereocenters. The smallest absolute Gasteiger partial charge is 0.252 e. The maximum Gasteiger partial charge on any atom is 0.252 e. The van der Waals surface area contributed by atoms with Crippen LogP contribution < -0.4 is 20.7 Å². The average Bonchev–Trinajstić information content (AvgIpc) is 3.21. The highest BCUT2D eigenvalue weighted by Gasteiger charge is 2.22. The number of amides is 2. The van der Waals surface area contributed by atoms with E-state index in [1.165, 1.54) is 6.26 Å². The number of hydrogen-bond donors (Lipinski definition) is 3. The van der Waals surface area contributed by atoms with Crippen LogP contribution in [0.15, 0.2) is 22.8 Å². The van der Waals surface area contributed by atoms with Crippen molar-refractivity contribution in [3.63, 3.8) is 0 Å². The van der Waals surface area contributed by atoms with Crippen molar-refractivity contribution in [2.75, 3.05) is 26.2 Å². The van der Waals surface area contributed by atoms with Gasteiger partial charge in [-0.1, -0.05) is 0 Å². The summed E-state index contributed by atoms with van der Waals surface area (Å²) < 4.78 is 11.0. The summed E-state index contributed by atoms with van der Waals surface area (Å²) in [6.07, 6.45) is 9.75. The summed E-state index contributed by atoms with van der Waals surface area (Å²) in [6, 6.07) is 3.34. The largest absolute Gasteiger partial charge is 0.493 e. The summed E-state index contributed by atoms with van der Waals surface area (Å²) in [4.78, 5) is 29.7. The molecular formula is C23H28N4O4. The van der Waals surface area contributed by atoms with E-state index in [0.717, 1.165) is 43.6 Å². The van der Waals surface area contributed by atoms with E-state index < -0.39 is 0 Å². The lowest BCUT2D eigenvalue weighted by Gasteiger charge is -2.21. The Balaban J connectivity index is 1.64. The molecule has 0 saturated heterocycles. The molecule has 1 aromatic heterocycles. The number of fused-ring (bicyclic) bond motifs is 1. The fourth-order valence-electron chi connectivity index (χ4n) is 3.33. The number of carbonyl (C=O) groups excluding carboxylic acids is 2. The zero-order valence-corrected chi connectivity index (χ0v) is 17.8. The molecule has 164 valence electrons. The molecule has 8 nitrogen and oxygen atoms in total. The van der Waals surface area contributed by atoms with Gasteiger partial charge in [-0.05, 0) is 44.9 Å². The third-order valence-electron chi connectivity index (χ3n) is 4.87. The van der Waals surface area contributed by atoms with Gasteiger partial charge in [0.15, 0.2) is 0 Å². The molecule has 1 aromatic carbocycles. The highest BCUT2D eigenvalue weighted by molar-refractivity contribution is 6.01. The van der Waals surface area contributed by atoms with Crippen LogP contribution in [0.2, 0.25) is 0 Å². The number of nitrogens with one attached hydrogen (secondary N) is 3. The molecule has 3 rings (SSSR count). The van der Waals surface area contributed by atoms with Crippen molar-refractivity contribution < 1.29 is 18.7 Å². The number of terminal acetylenes is 1. The van der Waals surface area contributed by atoms with Gasteiger partial charge in [-0.3, -0.25) is 9.59 Å². The molecule has 0 spiro atoms. The van der Waals surface area contributed by atoms with E-state index in [2.05, 4.69) is 26.9 Å². The highest BCUT2D eigenvalue weighted by atomic mass is 16.5. The Bertz CT molecular complexity index is 961. The topological polar surface area (TPSA) is 105 Å². The van der Waals surface area contributed by atoms with Crippen LogP contribution in [0.25, 0.3) is 0 Å². The van der Waals surface area contributed by atoms with Crippen LogP contribution in [0, 0.1) is 19.3 Å². The maximum atomic E-state index is 12.9. The van der Waals surface area contributed by atoms with Crippen LogP contribution in [0.4, 0.5) is 0 Å². The number of aryl methyl sites for hydroxylation is 1. The van der Waals surface area contributed by atoms with Gasteiger partial charge >= 0.3 is 0 Å². The van der Waals surface area contributed by atoms with Crippen LogP contribution in [0.1, 0.15) is 57.1 Å². The minimum Gasteiger partial charge on any atom is -0.493 e. The molecule has 8 heteroatoms. The van der Waals surface area contributed by atoms with E-state index in [0.29, 0.717) is 42.3 Å². The second-order valence-electron chi connectivity index (χ2n) is 7.33. The summed E-state index contributed by atoms with van der Waals surface area (Å²) in [5, 5.41) is 8.92. The fourth-order valence-corrected chi connectivity index (χ4v) is 3.33. The van der Waals surface area contributed by atoms with Crippen LogP contribution in [-0.2, 0) is 13.0 Å². The van der Waals surface area contributed by atoms with E-state index in [1.807, 2.05) is 6.92 Å². The molecule has 0 fully saturated rings. The van der Waals surface area contributed by atoms with E-state index >= 15 is 0 Å². The first-order valence-electron chi connectivity index (χ1n) is 10.5. The number of ether oxygens (including phenoxy) is 1. The van der Waals surface area contributed by atoms with Crippen molar-refractivity contribution in [3.8, 4) is 18.1 Å². The summed E-state index contributed by atoms with van der Waals surface area (Å²) in [5.74, 6) is 3.07.